The minimum Gasteiger partial charge on any atom is -0.489 e. The molecule has 7 nitrogen and oxygen atoms in total. The molecular formula is C22H22ClN3O4. The van der Waals surface area contributed by atoms with Crippen molar-refractivity contribution in [3.63, 3.8) is 0 Å². The van der Waals surface area contributed by atoms with Crippen LogP contribution in [0.3, 0.4) is 0 Å². The second-order valence-corrected chi connectivity index (χ2v) is 7.71. The Morgan fingerprint density at radius 1 is 1.17 bits per heavy atom. The number of halogens is 1. The highest BCUT2D eigenvalue weighted by molar-refractivity contribution is 6.30. The molecule has 8 heteroatoms. The summed E-state index contributed by atoms with van der Waals surface area (Å²) in [6.07, 6.45) is 0. The van der Waals surface area contributed by atoms with Gasteiger partial charge in [-0.2, -0.15) is 0 Å². The predicted octanol–water partition coefficient (Wildman–Crippen LogP) is 3.70. The Hall–Kier alpha value is -3.32. The predicted molar refractivity (Wildman–Crippen MR) is 114 cm³/mol. The van der Waals surface area contributed by atoms with Crippen molar-refractivity contribution in [2.24, 2.45) is 0 Å². The zero-order chi connectivity index (χ0) is 21.9. The third kappa shape index (κ3) is 4.63. The molecule has 2 N–H and O–H groups in total. The fourth-order valence-corrected chi connectivity index (χ4v) is 3.13. The largest absolute Gasteiger partial charge is 0.489 e. The van der Waals surface area contributed by atoms with Crippen LogP contribution in [0.1, 0.15) is 19.4 Å². The Morgan fingerprint density at radius 2 is 1.80 bits per heavy atom. The number of amides is 4. The normalized spacial score (nSPS) is 18.2. The van der Waals surface area contributed by atoms with Crippen molar-refractivity contribution in [1.29, 1.82) is 0 Å². The first-order chi connectivity index (χ1) is 14.2. The van der Waals surface area contributed by atoms with Crippen molar-refractivity contribution in [1.82, 2.24) is 10.2 Å². The fraction of sp³-hybridized carbons (Fsp3) is 0.227. The van der Waals surface area contributed by atoms with Crippen LogP contribution >= 0.6 is 11.6 Å². The molecule has 4 amide bonds. The number of anilines is 1. The molecule has 3 rings (SSSR count). The average molecular weight is 428 g/mol. The van der Waals surface area contributed by atoms with Crippen LogP contribution in [0, 0.1) is 0 Å². The lowest BCUT2D eigenvalue weighted by molar-refractivity contribution is -0.133. The van der Waals surface area contributed by atoms with E-state index >= 15 is 0 Å². The number of carbonyl (C=O) groups is 3. The standard InChI is InChI=1S/C22H22ClN3O4/c1-14(2)13-30-18-10-4-15(5-11-18)22(3)20(28)26(21(29)25-22)12-19(27)24-17-8-6-16(23)7-9-17/h4-11H,1,12-13H2,2-3H3,(H,24,27)(H,25,29). The summed E-state index contributed by atoms with van der Waals surface area (Å²) in [7, 11) is 0. The summed E-state index contributed by atoms with van der Waals surface area (Å²) in [5.74, 6) is -0.371. The van der Waals surface area contributed by atoms with Gasteiger partial charge in [0.1, 0.15) is 24.4 Å². The highest BCUT2D eigenvalue weighted by Gasteiger charge is 2.49. The van der Waals surface area contributed by atoms with E-state index in [1.807, 2.05) is 6.92 Å². The van der Waals surface area contributed by atoms with Gasteiger partial charge in [0.05, 0.1) is 0 Å². The molecule has 0 radical (unpaired) electrons. The quantitative estimate of drug-likeness (QED) is 0.521. The van der Waals surface area contributed by atoms with Gasteiger partial charge >= 0.3 is 6.03 Å². The molecule has 2 aromatic rings. The van der Waals surface area contributed by atoms with Crippen LogP contribution in [-0.4, -0.2) is 35.9 Å². The minimum atomic E-state index is -1.27. The Kier molecular flexibility index (Phi) is 6.12. The molecular weight excluding hydrogens is 406 g/mol. The van der Waals surface area contributed by atoms with Gasteiger partial charge in [0, 0.05) is 10.7 Å². The number of carbonyl (C=O) groups excluding carboxylic acids is 3. The second-order valence-electron chi connectivity index (χ2n) is 7.27. The van der Waals surface area contributed by atoms with Crippen molar-refractivity contribution in [2.45, 2.75) is 19.4 Å². The average Bonchev–Trinajstić information content (AvgIpc) is 2.92. The summed E-state index contributed by atoms with van der Waals surface area (Å²) in [5.41, 5.74) is 0.718. The van der Waals surface area contributed by atoms with Crippen LogP contribution in [0.25, 0.3) is 0 Å². The van der Waals surface area contributed by atoms with Crippen LogP contribution in [0.5, 0.6) is 5.75 Å². The lowest BCUT2D eigenvalue weighted by Crippen LogP contribution is -2.42. The molecule has 1 aliphatic heterocycles. The second kappa shape index (κ2) is 8.59. The van der Waals surface area contributed by atoms with Crippen molar-refractivity contribution >= 4 is 35.1 Å². The number of benzene rings is 2. The molecule has 30 heavy (non-hydrogen) atoms. The Bertz CT molecular complexity index is 988. The molecule has 1 saturated heterocycles. The van der Waals surface area contributed by atoms with Crippen LogP contribution in [-0.2, 0) is 15.1 Å². The van der Waals surface area contributed by atoms with Gasteiger partial charge in [-0.15, -0.1) is 0 Å². The van der Waals surface area contributed by atoms with E-state index in [1.165, 1.54) is 0 Å². The molecule has 0 saturated carbocycles. The first kappa shape index (κ1) is 21.4. The van der Waals surface area contributed by atoms with Gasteiger partial charge in [0.2, 0.25) is 5.91 Å². The van der Waals surface area contributed by atoms with E-state index in [-0.39, 0.29) is 0 Å². The number of hydrogen-bond acceptors (Lipinski definition) is 4. The van der Waals surface area contributed by atoms with E-state index in [2.05, 4.69) is 17.2 Å². The Labute approximate surface area is 179 Å². The fourth-order valence-electron chi connectivity index (χ4n) is 3.00. The summed E-state index contributed by atoms with van der Waals surface area (Å²) in [6, 6.07) is 12.8. The molecule has 0 bridgehead atoms. The van der Waals surface area contributed by atoms with E-state index in [0.717, 1.165) is 10.5 Å². The van der Waals surface area contributed by atoms with Gasteiger partial charge in [-0.25, -0.2) is 4.79 Å². The number of hydrogen-bond donors (Lipinski definition) is 2. The van der Waals surface area contributed by atoms with E-state index in [4.69, 9.17) is 16.3 Å². The SMILES string of the molecule is C=C(C)COc1ccc(C2(C)NC(=O)N(CC(=O)Nc3ccc(Cl)cc3)C2=O)cc1. The lowest BCUT2D eigenvalue weighted by Gasteiger charge is -2.22. The van der Waals surface area contributed by atoms with Crippen LogP contribution in [0.2, 0.25) is 5.02 Å². The lowest BCUT2D eigenvalue weighted by atomic mass is 9.92. The topological polar surface area (TPSA) is 87.7 Å². The van der Waals surface area contributed by atoms with Crippen molar-refractivity contribution in [3.05, 3.63) is 71.3 Å². The van der Waals surface area contributed by atoms with Gasteiger partial charge in [0.25, 0.3) is 5.91 Å². The molecule has 1 aliphatic rings. The zero-order valence-electron chi connectivity index (χ0n) is 16.7. The maximum Gasteiger partial charge on any atom is 0.325 e. The van der Waals surface area contributed by atoms with Gasteiger partial charge in [-0.05, 0) is 61.4 Å². The van der Waals surface area contributed by atoms with E-state index in [1.54, 1.807) is 55.5 Å². The zero-order valence-corrected chi connectivity index (χ0v) is 17.5. The number of nitrogens with zero attached hydrogens (tertiary/aromatic N) is 1. The molecule has 0 aliphatic carbocycles. The molecule has 156 valence electrons. The first-order valence-electron chi connectivity index (χ1n) is 9.26. The van der Waals surface area contributed by atoms with Gasteiger partial charge < -0.3 is 15.4 Å². The summed E-state index contributed by atoms with van der Waals surface area (Å²) in [6.45, 7) is 7.24. The number of ether oxygens (including phenoxy) is 1. The van der Waals surface area contributed by atoms with Gasteiger partial charge in [-0.3, -0.25) is 14.5 Å². The van der Waals surface area contributed by atoms with Crippen LogP contribution in [0.15, 0.2) is 60.7 Å². The molecule has 1 unspecified atom stereocenters. The third-order valence-corrected chi connectivity index (χ3v) is 4.87. The van der Waals surface area contributed by atoms with Crippen molar-refractivity contribution < 1.29 is 19.1 Å². The monoisotopic (exact) mass is 427 g/mol. The van der Waals surface area contributed by atoms with Crippen molar-refractivity contribution in [2.75, 3.05) is 18.5 Å². The molecule has 0 aromatic heterocycles. The number of rotatable bonds is 7. The van der Waals surface area contributed by atoms with Crippen LogP contribution in [0.4, 0.5) is 10.5 Å². The molecule has 1 heterocycles. The summed E-state index contributed by atoms with van der Waals surface area (Å²) in [5, 5.41) is 5.85. The first-order valence-corrected chi connectivity index (χ1v) is 9.64. The van der Waals surface area contributed by atoms with E-state index in [9.17, 15) is 14.4 Å². The molecule has 1 fully saturated rings. The summed E-state index contributed by atoms with van der Waals surface area (Å²) in [4.78, 5) is 38.6. The minimum absolute atomic E-state index is 0.392. The maximum absolute atomic E-state index is 13.0. The summed E-state index contributed by atoms with van der Waals surface area (Å²) >= 11 is 5.82. The Morgan fingerprint density at radius 3 is 2.40 bits per heavy atom. The third-order valence-electron chi connectivity index (χ3n) is 4.62. The van der Waals surface area contributed by atoms with Crippen molar-refractivity contribution in [3.8, 4) is 5.75 Å². The molecule has 0 spiro atoms. The van der Waals surface area contributed by atoms with E-state index in [0.29, 0.717) is 28.6 Å². The van der Waals surface area contributed by atoms with E-state index < -0.39 is 29.9 Å². The van der Waals surface area contributed by atoms with Gasteiger partial charge in [-0.1, -0.05) is 30.3 Å². The van der Waals surface area contributed by atoms with Gasteiger partial charge in [0.15, 0.2) is 0 Å². The smallest absolute Gasteiger partial charge is 0.325 e. The highest BCUT2D eigenvalue weighted by atomic mass is 35.5. The number of nitrogens with one attached hydrogen (secondary N) is 2. The maximum atomic E-state index is 13.0. The molecule has 1 atom stereocenters. The highest BCUT2D eigenvalue weighted by Crippen LogP contribution is 2.30. The number of imide groups is 1. The molecule has 2 aromatic carbocycles. The van der Waals surface area contributed by atoms with Crippen LogP contribution < -0.4 is 15.4 Å². The Balaban J connectivity index is 1.69. The summed E-state index contributed by atoms with van der Waals surface area (Å²) < 4.78 is 5.56. The number of urea groups is 1.